The van der Waals surface area contributed by atoms with Gasteiger partial charge in [-0.1, -0.05) is 18.5 Å². The molecule has 5 N–H and O–H groups in total. The molecule has 1 aromatic heterocycles. The number of phenolic OH excluding ortho intramolecular Hbond substituents is 1. The summed E-state index contributed by atoms with van der Waals surface area (Å²) < 4.78 is 13.4. The number of aromatic nitrogens is 2. The Morgan fingerprint density at radius 2 is 1.95 bits per heavy atom. The average Bonchev–Trinajstić information content (AvgIpc) is 2.93. The molecule has 1 aromatic carbocycles. The van der Waals surface area contributed by atoms with Crippen molar-refractivity contribution in [1.29, 1.82) is 0 Å². The van der Waals surface area contributed by atoms with Crippen molar-refractivity contribution in [3.63, 3.8) is 0 Å². The van der Waals surface area contributed by atoms with Gasteiger partial charge in [0.1, 0.15) is 0 Å². The second kappa shape index (κ2) is 12.1. The van der Waals surface area contributed by atoms with Gasteiger partial charge in [0.25, 0.3) is 11.8 Å². The number of nitrogens with two attached hydrogens (primary N) is 1. The van der Waals surface area contributed by atoms with Crippen LogP contribution < -0.4 is 16.0 Å². The summed E-state index contributed by atoms with van der Waals surface area (Å²) in [5, 5.41) is 21.1. The number of aliphatic hydroxyl groups excluding tert-OH is 1. The van der Waals surface area contributed by atoms with Crippen LogP contribution in [0.5, 0.6) is 5.75 Å². The van der Waals surface area contributed by atoms with Crippen molar-refractivity contribution in [2.24, 2.45) is 0 Å². The molecule has 2 aliphatic heterocycles. The molecule has 206 valence electrons. The molecule has 13 heteroatoms. The molecule has 0 radical (unpaired) electrons. The highest BCUT2D eigenvalue weighted by Crippen LogP contribution is 2.30. The van der Waals surface area contributed by atoms with E-state index in [1.165, 1.54) is 12.1 Å². The van der Waals surface area contributed by atoms with E-state index in [1.54, 1.807) is 4.90 Å². The van der Waals surface area contributed by atoms with Crippen molar-refractivity contribution >= 4 is 35.1 Å². The quantitative estimate of drug-likeness (QED) is 0.403. The number of piperazine rings is 1. The summed E-state index contributed by atoms with van der Waals surface area (Å²) in [5.41, 5.74) is 6.22. The zero-order chi connectivity index (χ0) is 27.4. The third-order valence-corrected chi connectivity index (χ3v) is 7.44. The highest BCUT2D eigenvalue weighted by atomic mass is 35.5. The number of rotatable bonds is 7. The number of hydrogen-bond acceptors (Lipinski definition) is 9. The zero-order valence-electron chi connectivity index (χ0n) is 21.2. The molecule has 3 heterocycles. The zero-order valence-corrected chi connectivity index (χ0v) is 22.0. The third kappa shape index (κ3) is 5.92. The number of nitrogens with zero attached hydrogens (tertiary/aromatic N) is 5. The maximum absolute atomic E-state index is 13.4. The van der Waals surface area contributed by atoms with Crippen LogP contribution in [0.1, 0.15) is 47.0 Å². The molecule has 0 bridgehead atoms. The highest BCUT2D eigenvalue weighted by Gasteiger charge is 2.35. The lowest BCUT2D eigenvalue weighted by molar-refractivity contribution is 0.0490. The Balaban J connectivity index is 1.38. The van der Waals surface area contributed by atoms with Gasteiger partial charge in [-0.3, -0.25) is 14.5 Å². The van der Waals surface area contributed by atoms with Gasteiger partial charge in [-0.2, -0.15) is 0 Å². The molecule has 11 nitrogen and oxygen atoms in total. The second-order valence-electron chi connectivity index (χ2n) is 9.49. The lowest BCUT2D eigenvalue weighted by Crippen LogP contribution is -2.58. The van der Waals surface area contributed by atoms with Gasteiger partial charge < -0.3 is 31.1 Å². The van der Waals surface area contributed by atoms with Crippen LogP contribution in [0, 0.1) is 5.82 Å². The molecular weight excluding hydrogens is 517 g/mol. The Hall–Kier alpha value is -3.22. The molecular formula is C25H33ClFN7O4. The van der Waals surface area contributed by atoms with Gasteiger partial charge in [0.05, 0.1) is 6.61 Å². The monoisotopic (exact) mass is 549 g/mol. The number of nitrogen functional groups attached to an aromatic ring is 1. The summed E-state index contributed by atoms with van der Waals surface area (Å²) in [6.07, 6.45) is 2.51. The average molecular weight is 550 g/mol. The van der Waals surface area contributed by atoms with Crippen LogP contribution in [-0.2, 0) is 0 Å². The fourth-order valence-electron chi connectivity index (χ4n) is 5.17. The second-order valence-corrected chi connectivity index (χ2v) is 9.84. The van der Waals surface area contributed by atoms with Gasteiger partial charge in [-0.15, -0.1) is 0 Å². The Labute approximate surface area is 225 Å². The Morgan fingerprint density at radius 3 is 2.61 bits per heavy atom. The number of carbonyl (C=O) groups excluding carboxylic acids is 2. The van der Waals surface area contributed by atoms with Crippen LogP contribution in [0.25, 0.3) is 0 Å². The van der Waals surface area contributed by atoms with Crippen LogP contribution in [0.2, 0.25) is 5.15 Å². The van der Waals surface area contributed by atoms with Crippen LogP contribution >= 0.6 is 11.6 Å². The van der Waals surface area contributed by atoms with E-state index in [2.05, 4.69) is 27.1 Å². The minimum Gasteiger partial charge on any atom is -0.505 e. The number of amides is 2. The third-order valence-electron chi connectivity index (χ3n) is 7.19. The molecule has 4 rings (SSSR count). The van der Waals surface area contributed by atoms with E-state index in [1.807, 2.05) is 4.90 Å². The molecule has 2 amide bonds. The minimum absolute atomic E-state index is 0.0261. The summed E-state index contributed by atoms with van der Waals surface area (Å²) in [6.45, 7) is 5.21. The number of halogens is 2. The molecule has 0 aliphatic carbocycles. The molecule has 38 heavy (non-hydrogen) atoms. The molecule has 0 saturated carbocycles. The Bertz CT molecular complexity index is 1180. The number of piperidine rings is 1. The van der Waals surface area contributed by atoms with Crippen molar-refractivity contribution in [2.75, 3.05) is 56.5 Å². The Morgan fingerprint density at radius 1 is 1.21 bits per heavy atom. The van der Waals surface area contributed by atoms with Gasteiger partial charge in [0, 0.05) is 56.9 Å². The van der Waals surface area contributed by atoms with Crippen LogP contribution in [-0.4, -0.2) is 99.8 Å². The number of phenols is 1. The first-order valence-corrected chi connectivity index (χ1v) is 13.1. The predicted octanol–water partition coefficient (Wildman–Crippen LogP) is 1.48. The normalized spacial score (nSPS) is 19.0. The topological polar surface area (TPSA) is 148 Å². The van der Waals surface area contributed by atoms with Crippen LogP contribution in [0.3, 0.4) is 0 Å². The number of carbonyl (C=O) groups is 2. The largest absolute Gasteiger partial charge is 0.505 e. The fraction of sp³-hybridized carbons (Fsp3) is 0.520. The first-order valence-electron chi connectivity index (χ1n) is 12.7. The first kappa shape index (κ1) is 27.8. The lowest BCUT2D eigenvalue weighted by atomic mass is 9.97. The smallest absolute Gasteiger partial charge is 0.273 e. The van der Waals surface area contributed by atoms with Gasteiger partial charge in [-0.05, 0) is 37.5 Å². The molecule has 2 aromatic rings. The predicted molar refractivity (Wildman–Crippen MR) is 141 cm³/mol. The summed E-state index contributed by atoms with van der Waals surface area (Å²) in [7, 11) is 0. The van der Waals surface area contributed by atoms with Crippen molar-refractivity contribution in [2.45, 2.75) is 38.3 Å². The van der Waals surface area contributed by atoms with E-state index in [9.17, 15) is 19.1 Å². The van der Waals surface area contributed by atoms with Crippen molar-refractivity contribution in [1.82, 2.24) is 25.1 Å². The molecule has 0 unspecified atom stereocenters. The van der Waals surface area contributed by atoms with E-state index in [0.717, 1.165) is 31.9 Å². The fourth-order valence-corrected chi connectivity index (χ4v) is 5.42. The molecule has 0 spiro atoms. The van der Waals surface area contributed by atoms with Crippen LogP contribution in [0.4, 0.5) is 16.0 Å². The standard InChI is InChI=1S/C25H33ClFN7O4/c1-2-16-14-33(23-21(26)30-20(22(28)31-23)24(37)29-7-12-35)10-11-34(16)17-5-8-32(9-6-17)25(38)15-3-4-18(27)19(36)13-15/h3-4,13,16-17,35-36H,2,5-12,14H2,1H3,(H2,28,31)(H,29,37)/t16-/m0/s1. The molecule has 2 fully saturated rings. The summed E-state index contributed by atoms with van der Waals surface area (Å²) >= 11 is 6.42. The Kier molecular flexibility index (Phi) is 8.85. The molecule has 2 aliphatic rings. The number of likely N-dealkylation sites (tertiary alicyclic amines) is 1. The summed E-state index contributed by atoms with van der Waals surface area (Å²) in [5.74, 6) is -1.63. The summed E-state index contributed by atoms with van der Waals surface area (Å²) in [6, 6.07) is 4.19. The maximum Gasteiger partial charge on any atom is 0.273 e. The van der Waals surface area contributed by atoms with Gasteiger partial charge in [0.15, 0.2) is 34.0 Å². The van der Waals surface area contributed by atoms with Gasteiger partial charge >= 0.3 is 0 Å². The van der Waals surface area contributed by atoms with Crippen LogP contribution in [0.15, 0.2) is 18.2 Å². The highest BCUT2D eigenvalue weighted by molar-refractivity contribution is 6.32. The van der Waals surface area contributed by atoms with Crippen molar-refractivity contribution < 1.29 is 24.2 Å². The number of benzene rings is 1. The van der Waals surface area contributed by atoms with E-state index in [0.29, 0.717) is 38.0 Å². The van der Waals surface area contributed by atoms with Gasteiger partial charge in [0.2, 0.25) is 0 Å². The number of aliphatic hydroxyl groups is 1. The van der Waals surface area contributed by atoms with E-state index in [-0.39, 0.29) is 47.3 Å². The van der Waals surface area contributed by atoms with Crippen molar-refractivity contribution in [3.05, 3.63) is 40.4 Å². The number of anilines is 2. The van der Waals surface area contributed by atoms with Crippen molar-refractivity contribution in [3.8, 4) is 5.75 Å². The molecule has 2 saturated heterocycles. The summed E-state index contributed by atoms with van der Waals surface area (Å²) in [4.78, 5) is 39.9. The van der Waals surface area contributed by atoms with E-state index in [4.69, 9.17) is 22.4 Å². The van der Waals surface area contributed by atoms with E-state index >= 15 is 0 Å². The number of hydrogen-bond donors (Lipinski definition) is 4. The van der Waals surface area contributed by atoms with Gasteiger partial charge in [-0.25, -0.2) is 14.4 Å². The minimum atomic E-state index is -0.751. The molecule has 1 atom stereocenters. The first-order chi connectivity index (χ1) is 18.2. The van der Waals surface area contributed by atoms with E-state index < -0.39 is 17.5 Å². The lowest BCUT2D eigenvalue weighted by Gasteiger charge is -2.47. The number of nitrogens with one attached hydrogen (secondary N) is 1. The number of aromatic hydroxyl groups is 1. The SMILES string of the molecule is CC[C@H]1CN(c2nc(N)c(C(=O)NCCO)nc2Cl)CCN1C1CCN(C(=O)c2ccc(F)c(O)c2)CC1. The maximum atomic E-state index is 13.4.